The van der Waals surface area contributed by atoms with Crippen LogP contribution in [0.1, 0.15) is 41.6 Å². The molecule has 4 rings (SSSR count). The summed E-state index contributed by atoms with van der Waals surface area (Å²) in [6.07, 6.45) is 0.204. The van der Waals surface area contributed by atoms with Gasteiger partial charge >= 0.3 is 18.0 Å². The Balaban J connectivity index is 1.38. The fraction of sp³-hybridized carbons (Fsp3) is 0.267. The second-order valence-electron chi connectivity index (χ2n) is 9.19. The molecule has 2 heterocycles. The number of nitrogens with zero attached hydrogens (tertiary/aromatic N) is 1. The van der Waals surface area contributed by atoms with Gasteiger partial charge in [-0.25, -0.2) is 14.4 Å². The predicted octanol–water partition coefficient (Wildman–Crippen LogP) is 3.25. The number of methoxy groups -OCH3 is 2. The normalized spacial score (nSPS) is 15.4. The summed E-state index contributed by atoms with van der Waals surface area (Å²) in [7, 11) is 2.58. The lowest BCUT2D eigenvalue weighted by Crippen LogP contribution is -2.45. The summed E-state index contributed by atoms with van der Waals surface area (Å²) < 4.78 is 26.9. The number of amides is 2. The molecule has 43 heavy (non-hydrogen) atoms. The highest BCUT2D eigenvalue weighted by molar-refractivity contribution is 5.95. The van der Waals surface area contributed by atoms with Crippen molar-refractivity contribution >= 4 is 24.2 Å². The van der Waals surface area contributed by atoms with Gasteiger partial charge in [-0.3, -0.25) is 5.43 Å². The van der Waals surface area contributed by atoms with E-state index in [9.17, 15) is 19.5 Å². The van der Waals surface area contributed by atoms with Crippen molar-refractivity contribution < 1.29 is 42.9 Å². The molecule has 0 bridgehead atoms. The Bertz CT molecular complexity index is 1550. The first-order valence-electron chi connectivity index (χ1n) is 13.2. The molecule has 13 nitrogen and oxygen atoms in total. The Kier molecular flexibility index (Phi) is 10.0. The average molecular weight is 593 g/mol. The van der Waals surface area contributed by atoms with Crippen molar-refractivity contribution in [3.8, 4) is 22.8 Å². The Hall–Kier alpha value is -5.30. The smallest absolute Gasteiger partial charge is 0.337 e. The maximum atomic E-state index is 12.4. The molecule has 0 saturated heterocycles. The standard InChI is InChI=1S/C30H32N4O9/c1-5-41-24-14-19(27-26(29(37)40-4)17(2)32-30(38)33-27)9-11-23(24)42-16-25(35)34-31-15-21-10-12-22(43-21)18-7-6-8-20(13-18)28(36)39-3/h6-15,25,27,34-35H,5,16H2,1-4H3,(H2,32,33,38)/b31-15+/t25-,27+/m0/s1. The molecule has 0 spiro atoms. The first kappa shape index (κ1) is 30.7. The Morgan fingerprint density at radius 1 is 1.07 bits per heavy atom. The quantitative estimate of drug-likeness (QED) is 0.106. The number of nitrogens with one attached hydrogen (secondary N) is 3. The van der Waals surface area contributed by atoms with Crippen molar-refractivity contribution in [2.75, 3.05) is 27.4 Å². The minimum atomic E-state index is -1.18. The largest absolute Gasteiger partial charge is 0.490 e. The van der Waals surface area contributed by atoms with Gasteiger partial charge in [0.05, 0.1) is 44.2 Å². The van der Waals surface area contributed by atoms with E-state index in [0.717, 1.165) is 0 Å². The van der Waals surface area contributed by atoms with Gasteiger partial charge in [0.1, 0.15) is 18.1 Å². The first-order chi connectivity index (χ1) is 20.7. The van der Waals surface area contributed by atoms with Gasteiger partial charge in [0.2, 0.25) is 0 Å². The van der Waals surface area contributed by atoms with Crippen molar-refractivity contribution in [3.63, 3.8) is 0 Å². The van der Waals surface area contributed by atoms with Crippen LogP contribution in [0.5, 0.6) is 11.5 Å². The molecule has 1 aliphatic rings. The first-order valence-corrected chi connectivity index (χ1v) is 13.2. The molecular weight excluding hydrogens is 560 g/mol. The summed E-state index contributed by atoms with van der Waals surface area (Å²) in [6, 6.07) is 14.0. The Morgan fingerprint density at radius 2 is 1.86 bits per heavy atom. The highest BCUT2D eigenvalue weighted by Crippen LogP contribution is 2.35. The summed E-state index contributed by atoms with van der Waals surface area (Å²) in [6.45, 7) is 3.55. The van der Waals surface area contributed by atoms with E-state index in [1.807, 2.05) is 0 Å². The van der Waals surface area contributed by atoms with Crippen molar-refractivity contribution in [1.29, 1.82) is 0 Å². The lowest BCUT2D eigenvalue weighted by molar-refractivity contribution is -0.136. The minimum Gasteiger partial charge on any atom is -0.490 e. The molecule has 3 aromatic rings. The zero-order valence-electron chi connectivity index (χ0n) is 24.0. The third-order valence-electron chi connectivity index (χ3n) is 6.28. The molecule has 1 aromatic heterocycles. The highest BCUT2D eigenvalue weighted by atomic mass is 16.5. The summed E-state index contributed by atoms with van der Waals surface area (Å²) in [5, 5.41) is 19.7. The molecule has 0 aliphatic carbocycles. The molecule has 2 aromatic carbocycles. The van der Waals surface area contributed by atoms with Gasteiger partial charge in [-0.15, -0.1) is 0 Å². The van der Waals surface area contributed by atoms with Crippen LogP contribution in [0, 0.1) is 0 Å². The van der Waals surface area contributed by atoms with E-state index in [0.29, 0.717) is 52.0 Å². The van der Waals surface area contributed by atoms with E-state index in [1.54, 1.807) is 68.4 Å². The number of benzene rings is 2. The third-order valence-corrected chi connectivity index (χ3v) is 6.28. The van der Waals surface area contributed by atoms with Crippen molar-refractivity contribution in [3.05, 3.63) is 82.8 Å². The van der Waals surface area contributed by atoms with Crippen LogP contribution in [0.25, 0.3) is 11.3 Å². The number of hydrogen-bond acceptors (Lipinski definition) is 11. The van der Waals surface area contributed by atoms with Crippen LogP contribution in [-0.4, -0.2) is 63.0 Å². The fourth-order valence-electron chi connectivity index (χ4n) is 4.30. The van der Waals surface area contributed by atoms with Gasteiger partial charge in [-0.1, -0.05) is 18.2 Å². The molecule has 2 atom stereocenters. The minimum absolute atomic E-state index is 0.184. The van der Waals surface area contributed by atoms with Gasteiger partial charge in [-0.05, 0) is 55.8 Å². The summed E-state index contributed by atoms with van der Waals surface area (Å²) >= 11 is 0. The zero-order valence-corrected chi connectivity index (χ0v) is 24.0. The predicted molar refractivity (Wildman–Crippen MR) is 154 cm³/mol. The number of carbonyl (C=O) groups excluding carboxylic acids is 3. The molecule has 4 N–H and O–H groups in total. The molecule has 0 fully saturated rings. The van der Waals surface area contributed by atoms with Crippen LogP contribution in [-0.2, 0) is 14.3 Å². The van der Waals surface area contributed by atoms with Crippen molar-refractivity contribution in [1.82, 2.24) is 16.1 Å². The van der Waals surface area contributed by atoms with Crippen LogP contribution in [0.15, 0.2) is 75.4 Å². The molecule has 0 radical (unpaired) electrons. The number of hydrazone groups is 1. The van der Waals surface area contributed by atoms with E-state index < -0.39 is 30.2 Å². The summed E-state index contributed by atoms with van der Waals surface area (Å²) in [5.41, 5.74) is 4.86. The van der Waals surface area contributed by atoms with Crippen LogP contribution in [0.4, 0.5) is 4.79 Å². The molecule has 13 heteroatoms. The van der Waals surface area contributed by atoms with Crippen LogP contribution >= 0.6 is 0 Å². The summed E-state index contributed by atoms with van der Waals surface area (Å²) in [5.74, 6) is 0.590. The number of carbonyl (C=O) groups is 3. The molecule has 226 valence electrons. The van der Waals surface area contributed by atoms with E-state index in [1.165, 1.54) is 20.4 Å². The van der Waals surface area contributed by atoms with Crippen LogP contribution < -0.4 is 25.5 Å². The number of esters is 2. The van der Waals surface area contributed by atoms with E-state index >= 15 is 0 Å². The molecule has 0 unspecified atom stereocenters. The van der Waals surface area contributed by atoms with Gasteiger partial charge in [-0.2, -0.15) is 5.10 Å². The lowest BCUT2D eigenvalue weighted by atomic mass is 9.95. The SMILES string of the molecule is CCOc1cc([C@H]2NC(=O)NC(C)=C2C(=O)OC)ccc1OC[C@H](O)N/N=C/c1ccc(-c2cccc(C(=O)OC)c2)o1. The number of furan rings is 1. The lowest BCUT2D eigenvalue weighted by Gasteiger charge is -2.28. The molecule has 2 amide bonds. The zero-order chi connectivity index (χ0) is 30.9. The third kappa shape index (κ3) is 7.51. The monoisotopic (exact) mass is 592 g/mol. The maximum absolute atomic E-state index is 12.4. The van der Waals surface area contributed by atoms with Gasteiger partial charge < -0.3 is 39.1 Å². The maximum Gasteiger partial charge on any atom is 0.337 e. The number of aliphatic hydroxyl groups is 1. The second-order valence-corrected chi connectivity index (χ2v) is 9.19. The Labute approximate surface area is 247 Å². The van der Waals surface area contributed by atoms with E-state index in [2.05, 4.69) is 21.2 Å². The summed E-state index contributed by atoms with van der Waals surface area (Å²) in [4.78, 5) is 36.3. The van der Waals surface area contributed by atoms with E-state index in [-0.39, 0.29) is 12.2 Å². The molecule has 0 saturated carbocycles. The topological polar surface area (TPSA) is 170 Å². The molecular formula is C30H32N4O9. The number of aliphatic hydroxyl groups excluding tert-OH is 1. The van der Waals surface area contributed by atoms with Gasteiger partial charge in [0.25, 0.3) is 0 Å². The van der Waals surface area contributed by atoms with Crippen molar-refractivity contribution in [2.24, 2.45) is 5.10 Å². The average Bonchev–Trinajstić information content (AvgIpc) is 3.48. The number of ether oxygens (including phenoxy) is 4. The Morgan fingerprint density at radius 3 is 2.60 bits per heavy atom. The highest BCUT2D eigenvalue weighted by Gasteiger charge is 2.32. The van der Waals surface area contributed by atoms with E-state index in [4.69, 9.17) is 23.4 Å². The van der Waals surface area contributed by atoms with Crippen LogP contribution in [0.3, 0.4) is 0 Å². The molecule has 1 aliphatic heterocycles. The number of allylic oxidation sites excluding steroid dienone is 1. The number of hydrogen-bond donors (Lipinski definition) is 4. The van der Waals surface area contributed by atoms with Crippen molar-refractivity contribution in [2.45, 2.75) is 26.1 Å². The number of rotatable bonds is 12. The van der Waals surface area contributed by atoms with Gasteiger partial charge in [0.15, 0.2) is 17.7 Å². The fourth-order valence-corrected chi connectivity index (χ4v) is 4.30. The number of urea groups is 1. The van der Waals surface area contributed by atoms with Gasteiger partial charge in [0, 0.05) is 11.3 Å². The van der Waals surface area contributed by atoms with Crippen LogP contribution in [0.2, 0.25) is 0 Å². The second kappa shape index (κ2) is 14.0.